The average Bonchev–Trinajstić information content (AvgIpc) is 1.27. The van der Waals surface area contributed by atoms with Crippen molar-refractivity contribution in [3.63, 3.8) is 0 Å². The van der Waals surface area contributed by atoms with Gasteiger partial charge in [-0.05, 0) is 200 Å². The van der Waals surface area contributed by atoms with E-state index in [-0.39, 0.29) is 0 Å². The van der Waals surface area contributed by atoms with Crippen LogP contribution in [0.15, 0.2) is 344 Å². The highest BCUT2D eigenvalue weighted by molar-refractivity contribution is 7.27. The van der Waals surface area contributed by atoms with Crippen molar-refractivity contribution in [1.82, 2.24) is 0 Å². The second-order valence-corrected chi connectivity index (χ2v) is 26.6. The summed E-state index contributed by atoms with van der Waals surface area (Å²) in [4.78, 5) is 4.80. The molecule has 0 fully saturated rings. The summed E-state index contributed by atoms with van der Waals surface area (Å²) < 4.78 is 9.30. The van der Waals surface area contributed by atoms with E-state index in [0.717, 1.165) is 67.0 Å². The zero-order valence-electron chi connectivity index (χ0n) is 52.0. The molecule has 0 bridgehead atoms. The first-order valence-electron chi connectivity index (χ1n) is 32.9. The van der Waals surface area contributed by atoms with Gasteiger partial charge in [-0.3, -0.25) is 0 Å². The number of nitrogens with zero attached hydrogens (tertiary/aromatic N) is 2. The van der Waals surface area contributed by atoms with Crippen molar-refractivity contribution in [2.24, 2.45) is 0 Å². The summed E-state index contributed by atoms with van der Waals surface area (Å²) in [6.07, 6.45) is 0. The second kappa shape index (κ2) is 21.6. The van der Waals surface area contributed by atoms with Crippen LogP contribution in [0, 0.1) is 0 Å². The van der Waals surface area contributed by atoms with E-state index in [1.807, 2.05) is 17.4 Å². The van der Waals surface area contributed by atoms with Gasteiger partial charge in [0.25, 0.3) is 0 Å². The Balaban J connectivity index is 0.672. The number of anilines is 6. The highest BCUT2D eigenvalue weighted by Gasteiger charge is 2.22. The lowest BCUT2D eigenvalue weighted by atomic mass is 9.90. The molecule has 18 aromatic carbocycles. The average molecular weight is 1240 g/mol. The van der Waals surface area contributed by atoms with Gasteiger partial charge >= 0.3 is 0 Å². The summed E-state index contributed by atoms with van der Waals surface area (Å²) >= 11 is 1.91. The minimum Gasteiger partial charge on any atom is -0.455 e. The van der Waals surface area contributed by atoms with Gasteiger partial charge in [0.2, 0.25) is 0 Å². The van der Waals surface area contributed by atoms with Gasteiger partial charge in [-0.25, -0.2) is 0 Å². The third-order valence-electron chi connectivity index (χ3n) is 20.1. The molecular formula is C92H56N2OS. The van der Waals surface area contributed by atoms with Crippen LogP contribution in [-0.2, 0) is 0 Å². The largest absolute Gasteiger partial charge is 0.455 e. The maximum atomic E-state index is 6.70. The summed E-state index contributed by atoms with van der Waals surface area (Å²) in [6, 6.07) is 125. The van der Waals surface area contributed by atoms with Crippen LogP contribution in [0.4, 0.5) is 34.1 Å². The van der Waals surface area contributed by atoms with Crippen LogP contribution in [0.25, 0.3) is 162 Å². The number of fused-ring (bicyclic) bond motifs is 20. The molecule has 20 rings (SSSR count). The topological polar surface area (TPSA) is 19.6 Å². The number of hydrogen-bond donors (Lipinski definition) is 0. The molecular weight excluding hydrogens is 1180 g/mol. The standard InChI is InChI=1S/C92H56N2OS/c1-2-12-57(13-3-1)61-34-41-72(42-35-61)93(74-45-38-58-14-4-6-16-67(58)52-74)77-48-51-79-70(55-77)32-29-65-30-33-71-56-83(90-82-19-9-11-21-85(82)96-92(90)89(71)87(65)79)63-24-22-60(23-25-63)62-36-43-73(44-37-62)94(75-46-39-59-15-5-7-17-68(59)53-75)76-47-50-78-69(54-76)31-28-64-26-27-66-40-49-81-80-18-8-10-20-84(80)95-91(81)88(66)86(64)78/h1-56H. The molecule has 0 saturated heterocycles. The normalized spacial score (nSPS) is 12.0. The molecule has 2 aromatic heterocycles. The highest BCUT2D eigenvalue weighted by Crippen LogP contribution is 2.50. The lowest BCUT2D eigenvalue weighted by molar-refractivity contribution is 0.673. The maximum Gasteiger partial charge on any atom is 0.143 e. The third kappa shape index (κ3) is 8.73. The zero-order chi connectivity index (χ0) is 63.0. The fraction of sp³-hybridized carbons (Fsp3) is 0. The molecule has 0 amide bonds. The van der Waals surface area contributed by atoms with E-state index in [1.54, 1.807) is 0 Å². The molecule has 96 heavy (non-hydrogen) atoms. The van der Waals surface area contributed by atoms with E-state index < -0.39 is 0 Å². The first kappa shape index (κ1) is 54.2. The number of furan rings is 1. The molecule has 0 saturated carbocycles. The minimum atomic E-state index is 0.908. The van der Waals surface area contributed by atoms with Crippen LogP contribution in [0.5, 0.6) is 0 Å². The fourth-order valence-electron chi connectivity index (χ4n) is 15.5. The Hall–Kier alpha value is -12.3. The van der Waals surface area contributed by atoms with Crippen molar-refractivity contribution in [3.05, 3.63) is 340 Å². The molecule has 0 unspecified atom stereocenters. The fourth-order valence-corrected chi connectivity index (χ4v) is 16.8. The predicted octanol–water partition coefficient (Wildman–Crippen LogP) is 27.1. The molecule has 20 aromatic rings. The van der Waals surface area contributed by atoms with Gasteiger partial charge in [-0.1, -0.05) is 243 Å². The summed E-state index contributed by atoms with van der Waals surface area (Å²) in [5.74, 6) is 0. The molecule has 0 atom stereocenters. The molecule has 0 radical (unpaired) electrons. The number of benzene rings is 18. The zero-order valence-corrected chi connectivity index (χ0v) is 52.9. The van der Waals surface area contributed by atoms with E-state index in [1.165, 1.54) is 129 Å². The van der Waals surface area contributed by atoms with Gasteiger partial charge in [0.05, 0.1) is 0 Å². The molecule has 3 nitrogen and oxygen atoms in total. The maximum absolute atomic E-state index is 6.70. The van der Waals surface area contributed by atoms with Gasteiger partial charge in [-0.15, -0.1) is 11.3 Å². The number of rotatable bonds is 9. The number of hydrogen-bond acceptors (Lipinski definition) is 4. The summed E-state index contributed by atoms with van der Waals surface area (Å²) in [6.45, 7) is 0. The van der Waals surface area contributed by atoms with Crippen LogP contribution in [0.2, 0.25) is 0 Å². The van der Waals surface area contributed by atoms with Crippen molar-refractivity contribution in [3.8, 4) is 33.4 Å². The van der Waals surface area contributed by atoms with Gasteiger partial charge in [0, 0.05) is 81.2 Å². The van der Waals surface area contributed by atoms with E-state index >= 15 is 0 Å². The van der Waals surface area contributed by atoms with Crippen molar-refractivity contribution in [2.75, 3.05) is 9.80 Å². The molecule has 0 N–H and O–H groups in total. The number of thiophene rings is 1. The van der Waals surface area contributed by atoms with E-state index in [9.17, 15) is 0 Å². The molecule has 0 aliphatic rings. The van der Waals surface area contributed by atoms with Crippen LogP contribution in [0.3, 0.4) is 0 Å². The Bertz CT molecular complexity index is 6570. The molecule has 446 valence electrons. The minimum absolute atomic E-state index is 0.908. The Morgan fingerprint density at radius 1 is 0.219 bits per heavy atom. The molecule has 4 heteroatoms. The first-order chi connectivity index (χ1) is 47.5. The third-order valence-corrected chi connectivity index (χ3v) is 21.3. The Morgan fingerprint density at radius 2 is 0.615 bits per heavy atom. The highest BCUT2D eigenvalue weighted by atomic mass is 32.1. The number of para-hydroxylation sites is 1. The van der Waals surface area contributed by atoms with Crippen molar-refractivity contribution in [1.29, 1.82) is 0 Å². The van der Waals surface area contributed by atoms with Crippen molar-refractivity contribution >= 4 is 174 Å². The summed E-state index contributed by atoms with van der Waals surface area (Å²) in [7, 11) is 0. The lowest BCUT2D eigenvalue weighted by Crippen LogP contribution is -2.10. The van der Waals surface area contributed by atoms with Gasteiger partial charge in [0.1, 0.15) is 11.2 Å². The Kier molecular flexibility index (Phi) is 12.2. The monoisotopic (exact) mass is 1240 g/mol. The summed E-state index contributed by atoms with van der Waals surface area (Å²) in [5.41, 5.74) is 15.6. The van der Waals surface area contributed by atoms with E-state index in [0.29, 0.717) is 0 Å². The molecule has 0 aliphatic carbocycles. The second-order valence-electron chi connectivity index (χ2n) is 25.5. The molecule has 2 heterocycles. The van der Waals surface area contributed by atoms with Crippen LogP contribution in [-0.4, -0.2) is 0 Å². The van der Waals surface area contributed by atoms with E-state index in [4.69, 9.17) is 4.42 Å². The SMILES string of the molecule is c1ccc(-c2ccc(N(c3ccc4ccccc4c3)c3ccc4c(ccc5ccc6cc(-c7ccc(-c8ccc(N(c9ccc%10ccccc%10c9)c9ccc%10c(ccc%11ccc%12ccc%13c%14ccccc%14oc%13c%12c%11%10)c9)cc8)cc7)c7c8ccccc8sc7c6c54)c3)cc2)cc1. The lowest BCUT2D eigenvalue weighted by Gasteiger charge is -2.26. The molecule has 0 aliphatic heterocycles. The van der Waals surface area contributed by atoms with Crippen molar-refractivity contribution < 1.29 is 4.42 Å². The van der Waals surface area contributed by atoms with Gasteiger partial charge in [0.15, 0.2) is 0 Å². The van der Waals surface area contributed by atoms with Gasteiger partial charge in [-0.2, -0.15) is 0 Å². The van der Waals surface area contributed by atoms with Gasteiger partial charge < -0.3 is 14.2 Å². The van der Waals surface area contributed by atoms with Crippen LogP contribution < -0.4 is 9.80 Å². The van der Waals surface area contributed by atoms with Crippen molar-refractivity contribution in [2.45, 2.75) is 0 Å². The Morgan fingerprint density at radius 3 is 1.21 bits per heavy atom. The Labute approximate surface area is 557 Å². The first-order valence-corrected chi connectivity index (χ1v) is 33.7. The quantitative estimate of drug-likeness (QED) is 0.134. The smallest absolute Gasteiger partial charge is 0.143 e. The predicted molar refractivity (Wildman–Crippen MR) is 412 cm³/mol. The van der Waals surface area contributed by atoms with E-state index in [2.05, 4.69) is 343 Å². The van der Waals surface area contributed by atoms with Crippen LogP contribution >= 0.6 is 11.3 Å². The molecule has 0 spiro atoms. The van der Waals surface area contributed by atoms with Crippen LogP contribution in [0.1, 0.15) is 0 Å². The summed E-state index contributed by atoms with van der Waals surface area (Å²) in [5, 5.41) is 24.3.